The number of rotatable bonds is 4. The van der Waals surface area contributed by atoms with Gasteiger partial charge >= 0.3 is 0 Å². The van der Waals surface area contributed by atoms with E-state index in [-0.39, 0.29) is 0 Å². The Kier molecular flexibility index (Phi) is 4.33. The molecule has 0 N–H and O–H groups in total. The zero-order chi connectivity index (χ0) is 13.8. The Hall–Kier alpha value is -1.67. The first-order valence-corrected chi connectivity index (χ1v) is 7.10. The van der Waals surface area contributed by atoms with Crippen LogP contribution in [0.15, 0.2) is 60.0 Å². The molecule has 2 aromatic rings. The first kappa shape index (κ1) is 13.8. The molecule has 2 aromatic carbocycles. The summed E-state index contributed by atoms with van der Waals surface area (Å²) in [5, 5.41) is 0. The number of nitrogens with zero attached hydrogens (tertiary/aromatic N) is 1. The average molecular weight is 269 g/mol. The predicted octanol–water partition coefficient (Wildman–Crippen LogP) is 4.82. The van der Waals surface area contributed by atoms with Crippen molar-refractivity contribution in [1.82, 2.24) is 0 Å². The monoisotopic (exact) mass is 269 g/mol. The van der Waals surface area contributed by atoms with Crippen LogP contribution in [0, 0.1) is 6.92 Å². The van der Waals surface area contributed by atoms with E-state index >= 15 is 0 Å². The maximum absolute atomic E-state index is 4.19. The molecule has 0 heterocycles. The van der Waals surface area contributed by atoms with Crippen molar-refractivity contribution >= 4 is 22.4 Å². The van der Waals surface area contributed by atoms with Crippen LogP contribution < -0.4 is 4.90 Å². The van der Waals surface area contributed by atoms with Gasteiger partial charge in [-0.3, -0.25) is 0 Å². The summed E-state index contributed by atoms with van der Waals surface area (Å²) in [5.41, 5.74) is 3.68. The lowest BCUT2D eigenvalue weighted by Crippen LogP contribution is -2.07. The third kappa shape index (κ3) is 3.42. The van der Waals surface area contributed by atoms with E-state index in [1.807, 2.05) is 14.1 Å². The Morgan fingerprint density at radius 1 is 1.00 bits per heavy atom. The van der Waals surface area contributed by atoms with Gasteiger partial charge in [-0.15, -0.1) is 0 Å². The number of hydrogen-bond acceptors (Lipinski definition) is 2. The van der Waals surface area contributed by atoms with Crippen molar-refractivity contribution in [1.29, 1.82) is 0 Å². The largest absolute Gasteiger partial charge is 0.378 e. The molecule has 19 heavy (non-hydrogen) atoms. The minimum Gasteiger partial charge on any atom is -0.378 e. The highest BCUT2D eigenvalue weighted by atomic mass is 32.2. The van der Waals surface area contributed by atoms with E-state index in [4.69, 9.17) is 0 Å². The zero-order valence-electron chi connectivity index (χ0n) is 11.7. The second-order valence-corrected chi connectivity index (χ2v) is 5.87. The van der Waals surface area contributed by atoms with Gasteiger partial charge in [-0.25, -0.2) is 0 Å². The lowest BCUT2D eigenvalue weighted by Gasteiger charge is -2.13. The number of aryl methyl sites for hydroxylation is 1. The molecule has 0 spiro atoms. The molecular weight excluding hydrogens is 250 g/mol. The molecule has 0 atom stereocenters. The van der Waals surface area contributed by atoms with Gasteiger partial charge in [-0.2, -0.15) is 0 Å². The standard InChI is InChI=1S/C17H19NS/c1-13-7-5-6-8-17(13)19-14(2)15-9-11-16(12-10-15)18(3)4/h5-12H,2H2,1,3-4H3. The van der Waals surface area contributed by atoms with Crippen LogP contribution >= 0.6 is 11.8 Å². The van der Waals surface area contributed by atoms with Crippen molar-refractivity contribution in [2.75, 3.05) is 19.0 Å². The second kappa shape index (κ2) is 5.98. The molecule has 0 aliphatic heterocycles. The molecule has 0 fully saturated rings. The van der Waals surface area contributed by atoms with Crippen LogP contribution in [-0.2, 0) is 0 Å². The first-order valence-electron chi connectivity index (χ1n) is 6.28. The van der Waals surface area contributed by atoms with E-state index in [0.29, 0.717) is 0 Å². The summed E-state index contributed by atoms with van der Waals surface area (Å²) in [4.78, 5) is 4.45. The molecule has 2 heteroatoms. The molecule has 0 amide bonds. The van der Waals surface area contributed by atoms with Crippen LogP contribution in [0.4, 0.5) is 5.69 Å². The smallest absolute Gasteiger partial charge is 0.0361 e. The minimum absolute atomic E-state index is 1.08. The third-order valence-electron chi connectivity index (χ3n) is 3.03. The number of hydrogen-bond donors (Lipinski definition) is 0. The van der Waals surface area contributed by atoms with Crippen LogP contribution in [0.2, 0.25) is 0 Å². The quantitative estimate of drug-likeness (QED) is 0.732. The second-order valence-electron chi connectivity index (χ2n) is 4.73. The van der Waals surface area contributed by atoms with Crippen LogP contribution in [0.5, 0.6) is 0 Å². The Morgan fingerprint density at radius 2 is 1.63 bits per heavy atom. The Morgan fingerprint density at radius 3 is 2.21 bits per heavy atom. The SMILES string of the molecule is C=C(Sc1ccccc1C)c1ccc(N(C)C)cc1. The van der Waals surface area contributed by atoms with E-state index in [0.717, 1.165) is 4.91 Å². The normalized spacial score (nSPS) is 10.3. The topological polar surface area (TPSA) is 3.24 Å². The van der Waals surface area contributed by atoms with E-state index in [1.54, 1.807) is 11.8 Å². The van der Waals surface area contributed by atoms with E-state index < -0.39 is 0 Å². The molecule has 0 bridgehead atoms. The lowest BCUT2D eigenvalue weighted by molar-refractivity contribution is 1.13. The fraction of sp³-hybridized carbons (Fsp3) is 0.176. The molecule has 0 saturated carbocycles. The van der Waals surface area contributed by atoms with Crippen LogP contribution in [-0.4, -0.2) is 14.1 Å². The zero-order valence-corrected chi connectivity index (χ0v) is 12.5. The Bertz CT molecular complexity index is 570. The highest BCUT2D eigenvalue weighted by Crippen LogP contribution is 2.34. The van der Waals surface area contributed by atoms with Gasteiger partial charge in [0.05, 0.1) is 0 Å². The predicted molar refractivity (Wildman–Crippen MR) is 86.8 cm³/mol. The van der Waals surface area contributed by atoms with Gasteiger partial charge < -0.3 is 4.90 Å². The molecular formula is C17H19NS. The maximum Gasteiger partial charge on any atom is 0.0361 e. The van der Waals surface area contributed by atoms with Gasteiger partial charge in [-0.1, -0.05) is 48.7 Å². The number of thioether (sulfide) groups is 1. The molecule has 1 nitrogen and oxygen atoms in total. The Balaban J connectivity index is 2.14. The van der Waals surface area contributed by atoms with Gasteiger partial charge in [0.15, 0.2) is 0 Å². The summed E-state index contributed by atoms with van der Waals surface area (Å²) < 4.78 is 0. The fourth-order valence-corrected chi connectivity index (χ4v) is 2.70. The lowest BCUT2D eigenvalue weighted by atomic mass is 10.2. The van der Waals surface area contributed by atoms with E-state index in [9.17, 15) is 0 Å². The van der Waals surface area contributed by atoms with Crippen molar-refractivity contribution in [3.63, 3.8) is 0 Å². The van der Waals surface area contributed by atoms with Crippen molar-refractivity contribution in [2.24, 2.45) is 0 Å². The first-order chi connectivity index (χ1) is 9.08. The maximum atomic E-state index is 4.19. The van der Waals surface area contributed by atoms with Gasteiger partial charge in [0, 0.05) is 29.6 Å². The van der Waals surface area contributed by atoms with Crippen molar-refractivity contribution in [2.45, 2.75) is 11.8 Å². The van der Waals surface area contributed by atoms with E-state index in [2.05, 4.69) is 66.9 Å². The molecule has 0 aliphatic carbocycles. The summed E-state index contributed by atoms with van der Waals surface area (Å²) in [5.74, 6) is 0. The molecule has 2 rings (SSSR count). The van der Waals surface area contributed by atoms with Crippen molar-refractivity contribution in [3.05, 3.63) is 66.2 Å². The highest BCUT2D eigenvalue weighted by molar-refractivity contribution is 8.08. The van der Waals surface area contributed by atoms with Crippen molar-refractivity contribution in [3.8, 4) is 0 Å². The molecule has 0 aliphatic rings. The Labute approximate surface area is 120 Å². The molecule has 0 radical (unpaired) electrons. The third-order valence-corrected chi connectivity index (χ3v) is 4.19. The summed E-state index contributed by atoms with van der Waals surface area (Å²) in [6, 6.07) is 16.9. The summed E-state index contributed by atoms with van der Waals surface area (Å²) in [6.07, 6.45) is 0. The van der Waals surface area contributed by atoms with Gasteiger partial charge in [0.25, 0.3) is 0 Å². The van der Waals surface area contributed by atoms with Crippen LogP contribution in [0.25, 0.3) is 4.91 Å². The fourth-order valence-electron chi connectivity index (χ4n) is 1.81. The van der Waals surface area contributed by atoms with Gasteiger partial charge in [-0.05, 0) is 36.2 Å². The molecule has 0 aromatic heterocycles. The highest BCUT2D eigenvalue weighted by Gasteiger charge is 2.04. The van der Waals surface area contributed by atoms with Crippen molar-refractivity contribution < 1.29 is 0 Å². The molecule has 98 valence electrons. The average Bonchev–Trinajstić information content (AvgIpc) is 2.41. The molecule has 0 unspecified atom stereocenters. The number of benzene rings is 2. The number of anilines is 1. The van der Waals surface area contributed by atoms with Crippen LogP contribution in [0.3, 0.4) is 0 Å². The summed E-state index contributed by atoms with van der Waals surface area (Å²) in [6.45, 7) is 6.31. The minimum atomic E-state index is 1.08. The summed E-state index contributed by atoms with van der Waals surface area (Å²) >= 11 is 1.73. The van der Waals surface area contributed by atoms with Gasteiger partial charge in [0.2, 0.25) is 0 Å². The van der Waals surface area contributed by atoms with E-state index in [1.165, 1.54) is 21.7 Å². The molecule has 0 saturated heterocycles. The van der Waals surface area contributed by atoms with Crippen LogP contribution in [0.1, 0.15) is 11.1 Å². The van der Waals surface area contributed by atoms with Gasteiger partial charge in [0.1, 0.15) is 0 Å². The summed E-state index contributed by atoms with van der Waals surface area (Å²) in [7, 11) is 4.10.